The maximum atomic E-state index is 10.4. The Morgan fingerprint density at radius 3 is 1.42 bits per heavy atom. The van der Waals surface area contributed by atoms with E-state index in [4.69, 9.17) is 20.0 Å². The molecular weight excluding hydrogens is 358 g/mol. The molecule has 0 aliphatic heterocycles. The number of hydrogen-bond donors (Lipinski definition) is 4. The molecule has 0 amide bonds. The fourth-order valence-electron chi connectivity index (χ4n) is 1.77. The summed E-state index contributed by atoms with van der Waals surface area (Å²) in [6, 6.07) is 0. The molecule has 0 aliphatic carbocycles. The number of phosphoric acid groups is 1. The molecule has 0 radical (unpaired) electrons. The fraction of sp³-hybridized carbons (Fsp3) is 0.875. The second-order valence-corrected chi connectivity index (χ2v) is 6.19. The molecule has 0 aliphatic rings. The van der Waals surface area contributed by atoms with Crippen molar-refractivity contribution in [2.24, 2.45) is 0 Å². The van der Waals surface area contributed by atoms with Crippen LogP contribution in [-0.4, -0.2) is 91.2 Å². The van der Waals surface area contributed by atoms with Crippen LogP contribution in [0.1, 0.15) is 71.1 Å². The number of aliphatic hydroxyl groups excluding tert-OH is 2. The second-order valence-electron chi connectivity index (χ2n) is 4.95. The maximum absolute atomic E-state index is 10.4. The molecule has 0 atom stereocenters. The minimum atomic E-state index is -4.24. The number of rotatable bonds is 13. The zero-order valence-corrected chi connectivity index (χ0v) is 15.6. The molecule has 0 saturated carbocycles. The topological polar surface area (TPSA) is 107 Å². The van der Waals surface area contributed by atoms with E-state index < -0.39 is 7.82 Å². The van der Waals surface area contributed by atoms with Crippen LogP contribution in [0, 0.1) is 0 Å². The van der Waals surface area contributed by atoms with Crippen molar-refractivity contribution >= 4 is 59.2 Å². The summed E-state index contributed by atoms with van der Waals surface area (Å²) in [5.41, 5.74) is 0. The molecule has 0 aromatic heterocycles. The van der Waals surface area contributed by atoms with Crippen LogP contribution in [0.15, 0.2) is 13.2 Å². The number of hydrogen-bond acceptors (Lipinski definition) is 4. The second kappa shape index (κ2) is 29.2. The van der Waals surface area contributed by atoms with Crippen LogP contribution >= 0.6 is 7.82 Å². The van der Waals surface area contributed by atoms with Crippen LogP contribution in [0.4, 0.5) is 0 Å². The number of aliphatic hydroxyl groups is 2. The number of unbranched alkanes of at least 4 members (excludes halogenated alkanes) is 9. The molecule has 6 nitrogen and oxygen atoms in total. The Labute approximate surface area is 190 Å². The van der Waals surface area contributed by atoms with Crippen molar-refractivity contribution in [2.75, 3.05) is 19.8 Å². The number of phosphoric ester groups is 1. The van der Waals surface area contributed by atoms with Gasteiger partial charge in [0.2, 0.25) is 0 Å². The van der Waals surface area contributed by atoms with Gasteiger partial charge in [-0.2, -0.15) is 0 Å². The van der Waals surface area contributed by atoms with Crippen molar-refractivity contribution in [2.45, 2.75) is 71.1 Å². The van der Waals surface area contributed by atoms with E-state index in [9.17, 15) is 4.57 Å². The molecular formula is C16H38KO6P. The van der Waals surface area contributed by atoms with Crippen LogP contribution in [0.25, 0.3) is 0 Å². The van der Waals surface area contributed by atoms with Crippen LogP contribution in [0.3, 0.4) is 0 Å². The monoisotopic (exact) mass is 396 g/mol. The Hall–Kier alpha value is 1.41. The van der Waals surface area contributed by atoms with Gasteiger partial charge < -0.3 is 20.0 Å². The van der Waals surface area contributed by atoms with Crippen molar-refractivity contribution in [3.05, 3.63) is 13.2 Å². The molecule has 4 N–H and O–H groups in total. The normalized spacial score (nSPS) is 9.88. The summed E-state index contributed by atoms with van der Waals surface area (Å²) >= 11 is 0. The first kappa shape index (κ1) is 33.0. The summed E-state index contributed by atoms with van der Waals surface area (Å²) in [4.78, 5) is 16.9. The van der Waals surface area contributed by atoms with E-state index in [-0.39, 0.29) is 71.2 Å². The van der Waals surface area contributed by atoms with Gasteiger partial charge in [0.1, 0.15) is 0 Å². The van der Waals surface area contributed by atoms with Crippen LogP contribution in [-0.2, 0) is 9.09 Å². The first-order valence-corrected chi connectivity index (χ1v) is 9.92. The quantitative estimate of drug-likeness (QED) is 0.165. The van der Waals surface area contributed by atoms with Crippen molar-refractivity contribution in [3.63, 3.8) is 0 Å². The summed E-state index contributed by atoms with van der Waals surface area (Å²) in [7, 11) is -4.24. The Balaban J connectivity index is -0.000000248. The predicted octanol–water partition coefficient (Wildman–Crippen LogP) is 3.14. The SMILES string of the molecule is C=C.CCCCCCCCCCCCOP(=O)(O)O.OCCO.[KH]. The van der Waals surface area contributed by atoms with Gasteiger partial charge in [-0.15, -0.1) is 13.2 Å². The predicted molar refractivity (Wildman–Crippen MR) is 102 cm³/mol. The van der Waals surface area contributed by atoms with Gasteiger partial charge in [0, 0.05) is 0 Å². The van der Waals surface area contributed by atoms with Gasteiger partial charge >= 0.3 is 59.2 Å². The van der Waals surface area contributed by atoms with Crippen LogP contribution in [0.5, 0.6) is 0 Å². The van der Waals surface area contributed by atoms with E-state index in [2.05, 4.69) is 24.6 Å². The van der Waals surface area contributed by atoms with Crippen LogP contribution < -0.4 is 0 Å². The van der Waals surface area contributed by atoms with E-state index in [1.54, 1.807) is 0 Å². The Morgan fingerprint density at radius 1 is 0.792 bits per heavy atom. The molecule has 144 valence electrons. The first-order chi connectivity index (χ1) is 11.0. The standard InChI is InChI=1S/C12H27O4P.C2H6O2.C2H4.K.H/c1-2-3-4-5-6-7-8-9-10-11-12-16-17(13,14)15;3-1-2-4;1-2;;/h2-12H2,1H3,(H2,13,14,15);3-4H,1-2H2;1-2H2;;. The Bertz CT molecular complexity index is 249. The van der Waals surface area contributed by atoms with Gasteiger partial charge in [-0.3, -0.25) is 4.52 Å². The first-order valence-electron chi connectivity index (χ1n) is 8.39. The molecule has 24 heavy (non-hydrogen) atoms. The van der Waals surface area contributed by atoms with E-state index in [0.29, 0.717) is 0 Å². The summed E-state index contributed by atoms with van der Waals surface area (Å²) in [5.74, 6) is 0. The van der Waals surface area contributed by atoms with Gasteiger partial charge in [-0.25, -0.2) is 4.57 Å². The molecule has 0 saturated heterocycles. The van der Waals surface area contributed by atoms with Crippen molar-refractivity contribution in [1.82, 2.24) is 0 Å². The summed E-state index contributed by atoms with van der Waals surface area (Å²) in [5, 5.41) is 15.2. The zero-order chi connectivity index (χ0) is 18.4. The zero-order valence-electron chi connectivity index (χ0n) is 14.7. The summed E-state index contributed by atoms with van der Waals surface area (Å²) in [6.45, 7) is 8.14. The van der Waals surface area contributed by atoms with Crippen molar-refractivity contribution < 1.29 is 29.1 Å². The van der Waals surface area contributed by atoms with Gasteiger partial charge in [0.15, 0.2) is 0 Å². The molecule has 0 fully saturated rings. The third-order valence-corrected chi connectivity index (χ3v) is 3.38. The average molecular weight is 397 g/mol. The Morgan fingerprint density at radius 2 is 1.12 bits per heavy atom. The van der Waals surface area contributed by atoms with Crippen molar-refractivity contribution in [1.29, 1.82) is 0 Å². The Kier molecular flexibility index (Phi) is 40.2. The molecule has 0 aromatic rings. The third-order valence-electron chi connectivity index (χ3n) is 2.86. The van der Waals surface area contributed by atoms with E-state index in [0.717, 1.165) is 19.3 Å². The average Bonchev–Trinajstić information content (AvgIpc) is 2.54. The summed E-state index contributed by atoms with van der Waals surface area (Å²) < 4.78 is 14.7. The molecule has 0 rings (SSSR count). The third kappa shape index (κ3) is 43.7. The fourth-order valence-corrected chi connectivity index (χ4v) is 2.14. The van der Waals surface area contributed by atoms with Crippen LogP contribution in [0.2, 0.25) is 0 Å². The minimum absolute atomic E-state index is 0. The van der Waals surface area contributed by atoms with Crippen molar-refractivity contribution in [3.8, 4) is 0 Å². The van der Waals surface area contributed by atoms with E-state index >= 15 is 0 Å². The molecule has 0 bridgehead atoms. The summed E-state index contributed by atoms with van der Waals surface area (Å²) in [6.07, 6.45) is 12.0. The van der Waals surface area contributed by atoms with Gasteiger partial charge in [-0.1, -0.05) is 64.7 Å². The van der Waals surface area contributed by atoms with E-state index in [1.807, 2.05) is 0 Å². The molecule has 0 heterocycles. The van der Waals surface area contributed by atoms with Gasteiger partial charge in [0.25, 0.3) is 0 Å². The van der Waals surface area contributed by atoms with Gasteiger partial charge in [-0.05, 0) is 6.42 Å². The van der Waals surface area contributed by atoms with Gasteiger partial charge in [0.05, 0.1) is 19.8 Å². The molecule has 0 spiro atoms. The van der Waals surface area contributed by atoms with E-state index in [1.165, 1.54) is 44.9 Å². The molecule has 8 heteroatoms. The molecule has 0 unspecified atom stereocenters. The molecule has 0 aromatic carbocycles.